The lowest BCUT2D eigenvalue weighted by Gasteiger charge is -2.36. The molecule has 7 heteroatoms. The first-order valence-electron chi connectivity index (χ1n) is 12.1. The van der Waals surface area contributed by atoms with Crippen LogP contribution in [0.15, 0.2) is 47.8 Å². The number of aromatic nitrogens is 1. The zero-order chi connectivity index (χ0) is 25.6. The molecule has 0 fully saturated rings. The predicted octanol–water partition coefficient (Wildman–Crippen LogP) is 6.66. The highest BCUT2D eigenvalue weighted by Gasteiger charge is 2.36. The second kappa shape index (κ2) is 11.6. The van der Waals surface area contributed by atoms with Gasteiger partial charge in [0.25, 0.3) is 0 Å². The van der Waals surface area contributed by atoms with Crippen LogP contribution in [-0.4, -0.2) is 39.3 Å². The van der Waals surface area contributed by atoms with Gasteiger partial charge in [0.05, 0.1) is 17.8 Å². The molecule has 188 valence electrons. The monoisotopic (exact) mass is 510 g/mol. The maximum atomic E-state index is 13.2. The molecule has 0 saturated carbocycles. The van der Waals surface area contributed by atoms with Crippen LogP contribution in [0.1, 0.15) is 47.3 Å². The molecule has 0 saturated heterocycles. The van der Waals surface area contributed by atoms with Crippen molar-refractivity contribution in [2.24, 2.45) is 0 Å². The summed E-state index contributed by atoms with van der Waals surface area (Å²) in [6.07, 6.45) is 0.351. The summed E-state index contributed by atoms with van der Waals surface area (Å²) < 4.78 is 11.7. The molecule has 1 aromatic heterocycles. The Bertz CT molecular complexity index is 1130. The van der Waals surface area contributed by atoms with Crippen molar-refractivity contribution in [2.45, 2.75) is 58.8 Å². The average Bonchev–Trinajstić information content (AvgIpc) is 3.24. The molecule has 0 atom stereocenters. The van der Waals surface area contributed by atoms with E-state index in [1.54, 1.807) is 18.4 Å². The largest absolute Gasteiger partial charge is 0.497 e. The highest BCUT2D eigenvalue weighted by Crippen LogP contribution is 2.36. The van der Waals surface area contributed by atoms with E-state index in [1.807, 2.05) is 49.4 Å². The molecule has 3 rings (SSSR count). The molecule has 0 aliphatic heterocycles. The molecule has 0 spiro atoms. The Hall–Kier alpha value is -2.32. The Morgan fingerprint density at radius 1 is 1.11 bits per heavy atom. The van der Waals surface area contributed by atoms with Gasteiger partial charge in [-0.15, -0.1) is 11.3 Å². The predicted molar refractivity (Wildman–Crippen MR) is 148 cm³/mol. The van der Waals surface area contributed by atoms with Gasteiger partial charge in [0.15, 0.2) is 14.1 Å². The minimum Gasteiger partial charge on any atom is -0.497 e. The molecule has 0 bridgehead atoms. The summed E-state index contributed by atoms with van der Waals surface area (Å²) in [7, 11) is -0.118. The number of thiazole rings is 1. The Morgan fingerprint density at radius 2 is 1.83 bits per heavy atom. The van der Waals surface area contributed by atoms with E-state index in [-0.39, 0.29) is 10.8 Å². The standard InChI is InChI=1S/C28H38N2O3SSi/c1-20-30-26(19-34-20)22-10-8-21(9-11-22)16-27(31)25-13-12-24(32-5)17-23(25)18-29-14-15-33-35(6,7)28(2,3)4/h8-13,17,19,29H,14-16,18H2,1-7H3. The molecular weight excluding hydrogens is 472 g/mol. The Balaban J connectivity index is 1.63. The van der Waals surface area contributed by atoms with E-state index >= 15 is 0 Å². The third kappa shape index (κ3) is 7.33. The maximum Gasteiger partial charge on any atom is 0.192 e. The first-order chi connectivity index (χ1) is 16.5. The average molecular weight is 511 g/mol. The van der Waals surface area contributed by atoms with Crippen LogP contribution in [-0.2, 0) is 17.4 Å². The summed E-state index contributed by atoms with van der Waals surface area (Å²) in [5, 5.41) is 6.75. The van der Waals surface area contributed by atoms with Gasteiger partial charge in [0.1, 0.15) is 5.75 Å². The Morgan fingerprint density at radius 3 is 2.43 bits per heavy atom. The smallest absolute Gasteiger partial charge is 0.192 e. The van der Waals surface area contributed by atoms with Gasteiger partial charge in [-0.3, -0.25) is 4.79 Å². The maximum absolute atomic E-state index is 13.2. The van der Waals surface area contributed by atoms with Crippen LogP contribution in [0, 0.1) is 6.92 Å². The second-order valence-corrected chi connectivity index (χ2v) is 16.2. The molecule has 0 unspecified atom stereocenters. The molecule has 0 amide bonds. The molecule has 1 N–H and O–H groups in total. The fraction of sp³-hybridized carbons (Fsp3) is 0.429. The number of ketones is 1. The van der Waals surface area contributed by atoms with Crippen LogP contribution < -0.4 is 10.1 Å². The number of rotatable bonds is 11. The number of nitrogens with one attached hydrogen (secondary N) is 1. The first-order valence-corrected chi connectivity index (χ1v) is 15.9. The SMILES string of the molecule is COc1ccc(C(=O)Cc2ccc(-c3csc(C)n3)cc2)c(CNCCO[Si](C)(C)C(C)(C)C)c1. The molecule has 1 heterocycles. The molecule has 0 aliphatic rings. The van der Waals surface area contributed by atoms with Crippen LogP contribution in [0.2, 0.25) is 18.1 Å². The highest BCUT2D eigenvalue weighted by molar-refractivity contribution is 7.09. The highest BCUT2D eigenvalue weighted by atomic mass is 32.1. The van der Waals surface area contributed by atoms with Crippen molar-refractivity contribution < 1.29 is 14.0 Å². The third-order valence-electron chi connectivity index (χ3n) is 6.71. The second-order valence-electron chi connectivity index (χ2n) is 10.4. The van der Waals surface area contributed by atoms with Crippen molar-refractivity contribution in [3.8, 4) is 17.0 Å². The molecule has 35 heavy (non-hydrogen) atoms. The minimum absolute atomic E-state index is 0.0965. The van der Waals surface area contributed by atoms with Gasteiger partial charge in [-0.1, -0.05) is 45.0 Å². The van der Waals surface area contributed by atoms with Gasteiger partial charge < -0.3 is 14.5 Å². The van der Waals surface area contributed by atoms with Crippen molar-refractivity contribution in [3.05, 3.63) is 69.5 Å². The lowest BCUT2D eigenvalue weighted by Crippen LogP contribution is -2.42. The summed E-state index contributed by atoms with van der Waals surface area (Å²) in [5.74, 6) is 0.845. The van der Waals surface area contributed by atoms with Crippen molar-refractivity contribution in [1.82, 2.24) is 10.3 Å². The number of methoxy groups -OCH3 is 1. The Kier molecular flexibility index (Phi) is 9.04. The summed E-state index contributed by atoms with van der Waals surface area (Å²) in [6.45, 7) is 15.2. The van der Waals surface area contributed by atoms with Gasteiger partial charge in [0.2, 0.25) is 0 Å². The van der Waals surface area contributed by atoms with E-state index in [1.165, 1.54) is 0 Å². The number of aryl methyl sites for hydroxylation is 1. The van der Waals surface area contributed by atoms with Crippen LogP contribution in [0.4, 0.5) is 0 Å². The van der Waals surface area contributed by atoms with Crippen molar-refractivity contribution in [2.75, 3.05) is 20.3 Å². The molecule has 3 aromatic rings. The zero-order valence-corrected chi connectivity index (χ0v) is 23.8. The first kappa shape index (κ1) is 27.3. The summed E-state index contributed by atoms with van der Waals surface area (Å²) in [4.78, 5) is 17.8. The van der Waals surface area contributed by atoms with Gasteiger partial charge in [-0.25, -0.2) is 4.98 Å². The van der Waals surface area contributed by atoms with E-state index < -0.39 is 8.32 Å². The summed E-state index contributed by atoms with van der Waals surface area (Å²) >= 11 is 1.64. The third-order valence-corrected chi connectivity index (χ3v) is 12.0. The quantitative estimate of drug-likeness (QED) is 0.177. The molecule has 2 aromatic carbocycles. The number of hydrogen-bond acceptors (Lipinski definition) is 6. The fourth-order valence-corrected chi connectivity index (χ4v) is 5.17. The van der Waals surface area contributed by atoms with Crippen molar-refractivity contribution in [3.63, 3.8) is 0 Å². The molecule has 0 aliphatic carbocycles. The number of hydrogen-bond donors (Lipinski definition) is 1. The van der Waals surface area contributed by atoms with Gasteiger partial charge in [-0.05, 0) is 54.4 Å². The van der Waals surface area contributed by atoms with Gasteiger partial charge in [0, 0.05) is 42.6 Å². The Labute approximate surface area is 215 Å². The van der Waals surface area contributed by atoms with E-state index in [4.69, 9.17) is 9.16 Å². The zero-order valence-electron chi connectivity index (χ0n) is 22.0. The van der Waals surface area contributed by atoms with Crippen molar-refractivity contribution >= 4 is 25.4 Å². The van der Waals surface area contributed by atoms with Gasteiger partial charge >= 0.3 is 0 Å². The minimum atomic E-state index is -1.76. The van der Waals surface area contributed by atoms with E-state index in [2.05, 4.69) is 49.5 Å². The summed E-state index contributed by atoms with van der Waals surface area (Å²) in [6, 6.07) is 13.8. The molecule has 5 nitrogen and oxygen atoms in total. The number of benzene rings is 2. The van der Waals surface area contributed by atoms with E-state index in [0.717, 1.165) is 45.2 Å². The number of Topliss-reactive ketones (excluding diaryl/α,β-unsaturated/α-hetero) is 1. The summed E-state index contributed by atoms with van der Waals surface area (Å²) in [5.41, 5.74) is 4.70. The number of carbonyl (C=O) groups excluding carboxylic acids is 1. The number of carbonyl (C=O) groups is 1. The molecular formula is C28H38N2O3SSi. The van der Waals surface area contributed by atoms with E-state index in [0.29, 0.717) is 19.6 Å². The normalized spacial score (nSPS) is 12.1. The van der Waals surface area contributed by atoms with Crippen molar-refractivity contribution in [1.29, 1.82) is 0 Å². The van der Waals surface area contributed by atoms with Crippen LogP contribution in [0.3, 0.4) is 0 Å². The van der Waals surface area contributed by atoms with Gasteiger partial charge in [-0.2, -0.15) is 0 Å². The number of nitrogens with zero attached hydrogens (tertiary/aromatic N) is 1. The van der Waals surface area contributed by atoms with Crippen LogP contribution in [0.5, 0.6) is 5.75 Å². The lowest BCUT2D eigenvalue weighted by atomic mass is 9.97. The number of ether oxygens (including phenoxy) is 1. The van der Waals surface area contributed by atoms with Crippen LogP contribution >= 0.6 is 11.3 Å². The lowest BCUT2D eigenvalue weighted by molar-refractivity contribution is 0.0992. The van der Waals surface area contributed by atoms with Crippen LogP contribution in [0.25, 0.3) is 11.3 Å². The molecule has 0 radical (unpaired) electrons. The van der Waals surface area contributed by atoms with E-state index in [9.17, 15) is 4.79 Å². The fourth-order valence-electron chi connectivity index (χ4n) is 3.50. The topological polar surface area (TPSA) is 60.5 Å².